The summed E-state index contributed by atoms with van der Waals surface area (Å²) < 4.78 is 5.98. The molecule has 0 radical (unpaired) electrons. The largest absolute Gasteiger partial charge is 0.493 e. The van der Waals surface area contributed by atoms with Gasteiger partial charge in [-0.15, -0.1) is 0 Å². The van der Waals surface area contributed by atoms with Gasteiger partial charge >= 0.3 is 5.97 Å². The van der Waals surface area contributed by atoms with Crippen molar-refractivity contribution in [2.24, 2.45) is 28.6 Å². The van der Waals surface area contributed by atoms with E-state index < -0.39 is 5.97 Å². The SMILES string of the molecule is C1CCCC1.C=C1CCC2C(C)(CCC3CCCC[C@]32C)C1CCOc1cc(Cl)ccc1C(=O)O. The maximum atomic E-state index is 11.5. The predicted octanol–water partition coefficient (Wildman–Crippen LogP) is 9.34. The van der Waals surface area contributed by atoms with Gasteiger partial charge in [-0.1, -0.05) is 82.5 Å². The van der Waals surface area contributed by atoms with Crippen LogP contribution in [0.3, 0.4) is 0 Å². The number of rotatable bonds is 5. The minimum Gasteiger partial charge on any atom is -0.493 e. The average Bonchev–Trinajstić information content (AvgIpc) is 3.40. The molecule has 1 N–H and O–H groups in total. The van der Waals surface area contributed by atoms with Crippen LogP contribution in [0.4, 0.5) is 0 Å². The van der Waals surface area contributed by atoms with Crippen molar-refractivity contribution in [3.63, 3.8) is 0 Å². The molecular formula is C31H45ClO3. The van der Waals surface area contributed by atoms with Crippen LogP contribution in [0.15, 0.2) is 30.4 Å². The number of carboxylic acids is 1. The Balaban J connectivity index is 0.000000514. The number of carboxylic acid groups (broad SMARTS) is 1. The van der Waals surface area contributed by atoms with Gasteiger partial charge in [0.25, 0.3) is 0 Å². The lowest BCUT2D eigenvalue weighted by Crippen LogP contribution is -2.55. The van der Waals surface area contributed by atoms with E-state index in [1.807, 2.05) is 0 Å². The Morgan fingerprint density at radius 2 is 1.74 bits per heavy atom. The van der Waals surface area contributed by atoms with Crippen LogP contribution < -0.4 is 4.74 Å². The van der Waals surface area contributed by atoms with Gasteiger partial charge in [0.1, 0.15) is 11.3 Å². The van der Waals surface area contributed by atoms with Crippen molar-refractivity contribution < 1.29 is 14.6 Å². The molecule has 0 aromatic heterocycles. The molecule has 1 aromatic carbocycles. The summed E-state index contributed by atoms with van der Waals surface area (Å²) >= 11 is 6.08. The van der Waals surface area contributed by atoms with Crippen molar-refractivity contribution in [3.05, 3.63) is 40.9 Å². The van der Waals surface area contributed by atoms with E-state index in [0.29, 0.717) is 28.7 Å². The molecule has 5 rings (SSSR count). The zero-order chi connectivity index (χ0) is 25.1. The van der Waals surface area contributed by atoms with Crippen molar-refractivity contribution in [2.45, 2.75) is 104 Å². The smallest absolute Gasteiger partial charge is 0.339 e. The Bertz CT molecular complexity index is 899. The lowest BCUT2D eigenvalue weighted by Gasteiger charge is -2.63. The van der Waals surface area contributed by atoms with E-state index in [-0.39, 0.29) is 11.0 Å². The van der Waals surface area contributed by atoms with Gasteiger partial charge in [0, 0.05) is 5.02 Å². The topological polar surface area (TPSA) is 46.5 Å². The minimum absolute atomic E-state index is 0.168. The quantitative estimate of drug-likeness (QED) is 0.409. The summed E-state index contributed by atoms with van der Waals surface area (Å²) in [4.78, 5) is 11.5. The fourth-order valence-corrected chi connectivity index (χ4v) is 8.48. The molecule has 0 spiro atoms. The Morgan fingerprint density at radius 3 is 2.43 bits per heavy atom. The molecule has 0 amide bonds. The van der Waals surface area contributed by atoms with Crippen LogP contribution in [0.1, 0.15) is 114 Å². The molecule has 5 atom stereocenters. The normalized spacial score (nSPS) is 34.3. The van der Waals surface area contributed by atoms with E-state index in [4.69, 9.17) is 16.3 Å². The van der Waals surface area contributed by atoms with E-state index in [1.54, 1.807) is 12.1 Å². The van der Waals surface area contributed by atoms with Crippen molar-refractivity contribution in [3.8, 4) is 5.75 Å². The van der Waals surface area contributed by atoms with E-state index >= 15 is 0 Å². The van der Waals surface area contributed by atoms with Crippen LogP contribution in [0.25, 0.3) is 0 Å². The summed E-state index contributed by atoms with van der Waals surface area (Å²) in [5, 5.41) is 9.94. The Morgan fingerprint density at radius 1 is 1.03 bits per heavy atom. The Kier molecular flexibility index (Phi) is 8.57. The molecule has 0 saturated heterocycles. The highest BCUT2D eigenvalue weighted by atomic mass is 35.5. The highest BCUT2D eigenvalue weighted by Gasteiger charge is 2.57. The van der Waals surface area contributed by atoms with E-state index in [2.05, 4.69) is 20.4 Å². The van der Waals surface area contributed by atoms with Crippen LogP contribution in [0.2, 0.25) is 5.02 Å². The predicted molar refractivity (Wildman–Crippen MR) is 144 cm³/mol. The monoisotopic (exact) mass is 500 g/mol. The molecule has 4 aliphatic rings. The van der Waals surface area contributed by atoms with Gasteiger partial charge in [-0.2, -0.15) is 0 Å². The van der Waals surface area contributed by atoms with Gasteiger partial charge in [0.15, 0.2) is 0 Å². The third-order valence-corrected chi connectivity index (χ3v) is 10.4. The Labute approximate surface area is 217 Å². The van der Waals surface area contributed by atoms with Gasteiger partial charge in [-0.05, 0) is 91.7 Å². The molecule has 0 aliphatic heterocycles. The van der Waals surface area contributed by atoms with E-state index in [9.17, 15) is 9.90 Å². The summed E-state index contributed by atoms with van der Waals surface area (Å²) in [5.74, 6) is 1.45. The van der Waals surface area contributed by atoms with Crippen LogP contribution in [0, 0.1) is 28.6 Å². The number of ether oxygens (including phenoxy) is 1. The molecule has 3 nitrogen and oxygen atoms in total. The highest BCUT2D eigenvalue weighted by Crippen LogP contribution is 2.66. The van der Waals surface area contributed by atoms with Crippen molar-refractivity contribution in [1.82, 2.24) is 0 Å². The first kappa shape index (κ1) is 26.6. The molecule has 35 heavy (non-hydrogen) atoms. The molecule has 194 valence electrons. The molecular weight excluding hydrogens is 456 g/mol. The van der Waals surface area contributed by atoms with Crippen molar-refractivity contribution >= 4 is 17.6 Å². The number of fused-ring (bicyclic) bond motifs is 3. The first-order valence-corrected chi connectivity index (χ1v) is 14.5. The first-order chi connectivity index (χ1) is 16.8. The van der Waals surface area contributed by atoms with Gasteiger partial charge in [-0.25, -0.2) is 4.79 Å². The molecule has 4 saturated carbocycles. The van der Waals surface area contributed by atoms with Crippen molar-refractivity contribution in [1.29, 1.82) is 0 Å². The van der Waals surface area contributed by atoms with Crippen molar-refractivity contribution in [2.75, 3.05) is 6.61 Å². The first-order valence-electron chi connectivity index (χ1n) is 14.1. The van der Waals surface area contributed by atoms with Crippen LogP contribution in [0.5, 0.6) is 5.75 Å². The lowest BCUT2D eigenvalue weighted by molar-refractivity contribution is -0.117. The third kappa shape index (κ3) is 5.60. The number of halogens is 1. The number of hydrogen-bond donors (Lipinski definition) is 1. The number of aromatic carboxylic acids is 1. The number of carbonyl (C=O) groups is 1. The fourth-order valence-electron chi connectivity index (χ4n) is 8.32. The number of hydrogen-bond acceptors (Lipinski definition) is 2. The second-order valence-corrected chi connectivity index (χ2v) is 12.6. The van der Waals surface area contributed by atoms with Crippen LogP contribution >= 0.6 is 11.6 Å². The molecule has 1 aromatic rings. The maximum Gasteiger partial charge on any atom is 0.339 e. The summed E-state index contributed by atoms with van der Waals surface area (Å²) in [6.45, 7) is 10.0. The average molecular weight is 501 g/mol. The number of benzene rings is 1. The standard InChI is InChI=1S/C26H35ClO3.C5H10/c1-17-7-10-23-25(2)13-5-4-6-18(25)11-14-26(23,3)21(17)12-15-30-22-16-19(27)8-9-20(22)24(28)29;1-2-4-5-3-1/h8-9,16,18,21,23H,1,4-7,10-15H2,2-3H3,(H,28,29);1-5H2/t18?,21?,23?,25-,26?;/m1./s1. The molecule has 0 heterocycles. The van der Waals surface area contributed by atoms with Gasteiger partial charge in [-0.3, -0.25) is 0 Å². The van der Waals surface area contributed by atoms with Gasteiger partial charge in [0.05, 0.1) is 6.61 Å². The summed E-state index contributed by atoms with van der Waals surface area (Å²) in [6, 6.07) is 4.72. The molecule has 4 heteroatoms. The van der Waals surface area contributed by atoms with E-state index in [0.717, 1.165) is 24.7 Å². The number of allylic oxidation sites excluding steroid dienone is 1. The highest BCUT2D eigenvalue weighted by molar-refractivity contribution is 6.30. The second-order valence-electron chi connectivity index (χ2n) is 12.1. The summed E-state index contributed by atoms with van der Waals surface area (Å²) in [6.07, 6.45) is 19.0. The second kappa shape index (κ2) is 11.3. The maximum absolute atomic E-state index is 11.5. The molecule has 4 fully saturated rings. The van der Waals surface area contributed by atoms with Crippen LogP contribution in [-0.4, -0.2) is 17.7 Å². The summed E-state index contributed by atoms with van der Waals surface area (Å²) in [7, 11) is 0. The molecule has 4 aliphatic carbocycles. The third-order valence-electron chi connectivity index (χ3n) is 10.2. The van der Waals surface area contributed by atoms with Gasteiger partial charge < -0.3 is 9.84 Å². The van der Waals surface area contributed by atoms with Gasteiger partial charge in [0.2, 0.25) is 0 Å². The fraction of sp³-hybridized carbons (Fsp3) is 0.710. The van der Waals surface area contributed by atoms with Crippen LogP contribution in [-0.2, 0) is 0 Å². The van der Waals surface area contributed by atoms with E-state index in [1.165, 1.54) is 88.7 Å². The molecule has 4 unspecified atom stereocenters. The zero-order valence-electron chi connectivity index (χ0n) is 21.9. The zero-order valence-corrected chi connectivity index (χ0v) is 22.7. The molecule has 0 bridgehead atoms. The Hall–Kier alpha value is -1.48. The summed E-state index contributed by atoms with van der Waals surface area (Å²) in [5.41, 5.74) is 2.26. The lowest BCUT2D eigenvalue weighted by atomic mass is 9.42. The minimum atomic E-state index is -0.987.